The van der Waals surface area contributed by atoms with E-state index in [2.05, 4.69) is 15.5 Å². The fraction of sp³-hybridized carbons (Fsp3) is 0.154. The second kappa shape index (κ2) is 8.70. The van der Waals surface area contributed by atoms with E-state index in [0.29, 0.717) is 41.2 Å². The van der Waals surface area contributed by atoms with Gasteiger partial charge in [-0.3, -0.25) is 9.78 Å². The van der Waals surface area contributed by atoms with Gasteiger partial charge in [0.05, 0.1) is 5.71 Å². The topological polar surface area (TPSA) is 93.8 Å². The van der Waals surface area contributed by atoms with Gasteiger partial charge in [0.1, 0.15) is 11.5 Å². The number of rotatable bonds is 4. The Hall–Kier alpha value is -4.26. The van der Waals surface area contributed by atoms with Crippen molar-refractivity contribution in [2.75, 3.05) is 0 Å². The lowest BCUT2D eigenvalue weighted by Gasteiger charge is -2.13. The third-order valence-corrected chi connectivity index (χ3v) is 5.68. The van der Waals surface area contributed by atoms with Gasteiger partial charge in [-0.15, -0.1) is 0 Å². The molecule has 7 nitrogen and oxygen atoms in total. The van der Waals surface area contributed by atoms with Crippen molar-refractivity contribution in [1.82, 2.24) is 10.4 Å². The van der Waals surface area contributed by atoms with Gasteiger partial charge in [-0.25, -0.2) is 10.2 Å². The highest BCUT2D eigenvalue weighted by molar-refractivity contribution is 6.06. The molecule has 33 heavy (non-hydrogen) atoms. The standard InChI is InChI=1S/C26H21N3O4/c1-16-23-21(28-29-25(30)18-11-13-27-14-12-18)7-4-8-22(23)33-24(16)26(31)32-20-10-9-17-5-2-3-6-19(17)15-20/h2-3,5-6,9-15H,4,7-8H2,1H3,(H,29,30)/b28-21+. The summed E-state index contributed by atoms with van der Waals surface area (Å²) in [5, 5.41) is 6.39. The Balaban J connectivity index is 1.38. The lowest BCUT2D eigenvalue weighted by atomic mass is 9.93. The second-order valence-electron chi connectivity index (χ2n) is 7.84. The normalized spacial score (nSPS) is 14.2. The molecule has 2 heterocycles. The van der Waals surface area contributed by atoms with Crippen LogP contribution in [0.15, 0.2) is 76.5 Å². The van der Waals surface area contributed by atoms with Gasteiger partial charge in [-0.2, -0.15) is 5.10 Å². The van der Waals surface area contributed by atoms with Gasteiger partial charge in [0, 0.05) is 35.5 Å². The molecular formula is C26H21N3O4. The minimum Gasteiger partial charge on any atom is -0.453 e. The molecule has 164 valence electrons. The summed E-state index contributed by atoms with van der Waals surface area (Å²) in [4.78, 5) is 29.2. The second-order valence-corrected chi connectivity index (χ2v) is 7.84. The van der Waals surface area contributed by atoms with E-state index in [0.717, 1.165) is 22.8 Å². The van der Waals surface area contributed by atoms with Crippen molar-refractivity contribution in [2.24, 2.45) is 5.10 Å². The molecule has 0 bridgehead atoms. The Labute approximate surface area is 190 Å². The van der Waals surface area contributed by atoms with E-state index >= 15 is 0 Å². The molecule has 0 aliphatic heterocycles. The first-order valence-electron chi connectivity index (χ1n) is 10.7. The molecule has 0 atom stereocenters. The van der Waals surface area contributed by atoms with E-state index in [9.17, 15) is 9.59 Å². The molecule has 4 aromatic rings. The SMILES string of the molecule is Cc1c(C(=O)Oc2ccc3ccccc3c2)oc2c1/C(=N/NC(=O)c1ccncc1)CCC2. The van der Waals surface area contributed by atoms with E-state index in [4.69, 9.17) is 9.15 Å². The predicted octanol–water partition coefficient (Wildman–Crippen LogP) is 4.83. The van der Waals surface area contributed by atoms with Crippen LogP contribution in [0.25, 0.3) is 10.8 Å². The zero-order chi connectivity index (χ0) is 22.8. The molecule has 5 rings (SSSR count). The Bertz CT molecular complexity index is 1390. The number of fused-ring (bicyclic) bond motifs is 2. The highest BCUT2D eigenvalue weighted by Gasteiger charge is 2.29. The van der Waals surface area contributed by atoms with E-state index < -0.39 is 5.97 Å². The number of benzene rings is 2. The van der Waals surface area contributed by atoms with E-state index in [1.54, 1.807) is 30.6 Å². The Morgan fingerprint density at radius 1 is 1.03 bits per heavy atom. The summed E-state index contributed by atoms with van der Waals surface area (Å²) in [6.45, 7) is 1.81. The maximum absolute atomic E-state index is 12.9. The number of nitrogens with zero attached hydrogens (tertiary/aromatic N) is 2. The van der Waals surface area contributed by atoms with Gasteiger partial charge in [-0.05, 0) is 54.8 Å². The average molecular weight is 439 g/mol. The van der Waals surface area contributed by atoms with Crippen molar-refractivity contribution in [1.29, 1.82) is 0 Å². The minimum atomic E-state index is -0.558. The van der Waals surface area contributed by atoms with Crippen LogP contribution in [0.3, 0.4) is 0 Å². The fourth-order valence-electron chi connectivity index (χ4n) is 4.05. The van der Waals surface area contributed by atoms with Crippen molar-refractivity contribution < 1.29 is 18.7 Å². The summed E-state index contributed by atoms with van der Waals surface area (Å²) in [6, 6.07) is 16.6. The number of ether oxygens (including phenoxy) is 1. The third kappa shape index (κ3) is 4.13. The largest absolute Gasteiger partial charge is 0.453 e. The number of carbonyl (C=O) groups is 2. The molecule has 0 unspecified atom stereocenters. The average Bonchev–Trinajstić information content (AvgIpc) is 3.20. The number of esters is 1. The van der Waals surface area contributed by atoms with Crippen LogP contribution in [0.1, 0.15) is 50.6 Å². The molecule has 1 aliphatic carbocycles. The molecule has 2 aromatic carbocycles. The number of aromatic nitrogens is 1. The van der Waals surface area contributed by atoms with Crippen molar-refractivity contribution in [2.45, 2.75) is 26.2 Å². The number of aryl methyl sites for hydroxylation is 1. The zero-order valence-electron chi connectivity index (χ0n) is 18.0. The minimum absolute atomic E-state index is 0.156. The number of hydrazone groups is 1. The molecule has 0 fully saturated rings. The summed E-state index contributed by atoms with van der Waals surface area (Å²) < 4.78 is 11.5. The summed E-state index contributed by atoms with van der Waals surface area (Å²) in [5.74, 6) is 0.404. The molecule has 1 N–H and O–H groups in total. The first kappa shape index (κ1) is 20.6. The van der Waals surface area contributed by atoms with E-state index in [-0.39, 0.29) is 11.7 Å². The lowest BCUT2D eigenvalue weighted by Crippen LogP contribution is -2.22. The van der Waals surface area contributed by atoms with Crippen LogP contribution in [0.5, 0.6) is 5.75 Å². The van der Waals surface area contributed by atoms with E-state index in [1.807, 2.05) is 43.3 Å². The third-order valence-electron chi connectivity index (χ3n) is 5.68. The molecular weight excluding hydrogens is 418 g/mol. The van der Waals surface area contributed by atoms with Crippen LogP contribution in [0.2, 0.25) is 0 Å². The number of hydrogen-bond donors (Lipinski definition) is 1. The summed E-state index contributed by atoms with van der Waals surface area (Å²) in [6.07, 6.45) is 5.27. The van der Waals surface area contributed by atoms with Crippen molar-refractivity contribution in [3.05, 3.63) is 95.2 Å². The summed E-state index contributed by atoms with van der Waals surface area (Å²) in [7, 11) is 0. The van der Waals surface area contributed by atoms with Gasteiger partial charge in [0.25, 0.3) is 5.91 Å². The van der Waals surface area contributed by atoms with Crippen LogP contribution >= 0.6 is 0 Å². The summed E-state index contributed by atoms with van der Waals surface area (Å²) in [5.41, 5.74) is 5.17. The van der Waals surface area contributed by atoms with Gasteiger partial charge in [-0.1, -0.05) is 30.3 Å². The van der Waals surface area contributed by atoms with Crippen LogP contribution < -0.4 is 10.2 Å². The first-order chi connectivity index (χ1) is 16.1. The van der Waals surface area contributed by atoms with Gasteiger partial charge < -0.3 is 9.15 Å². The predicted molar refractivity (Wildman–Crippen MR) is 124 cm³/mol. The maximum Gasteiger partial charge on any atom is 0.379 e. The summed E-state index contributed by atoms with van der Waals surface area (Å²) >= 11 is 0. The monoisotopic (exact) mass is 439 g/mol. The highest BCUT2D eigenvalue weighted by Crippen LogP contribution is 2.31. The van der Waals surface area contributed by atoms with Gasteiger partial charge in [0.15, 0.2) is 0 Å². The number of nitrogens with one attached hydrogen (secondary N) is 1. The number of furan rings is 1. The zero-order valence-corrected chi connectivity index (χ0v) is 18.0. The Morgan fingerprint density at radius 3 is 2.64 bits per heavy atom. The Morgan fingerprint density at radius 2 is 1.82 bits per heavy atom. The van der Waals surface area contributed by atoms with Crippen molar-refractivity contribution in [3.63, 3.8) is 0 Å². The number of pyridine rings is 1. The fourth-order valence-corrected chi connectivity index (χ4v) is 4.05. The van der Waals surface area contributed by atoms with E-state index in [1.165, 1.54) is 0 Å². The highest BCUT2D eigenvalue weighted by atomic mass is 16.5. The molecule has 0 radical (unpaired) electrons. The van der Waals surface area contributed by atoms with Crippen LogP contribution in [-0.4, -0.2) is 22.6 Å². The number of hydrogen-bond acceptors (Lipinski definition) is 6. The number of amides is 1. The molecule has 0 saturated heterocycles. The van der Waals surface area contributed by atoms with Gasteiger partial charge in [0.2, 0.25) is 5.76 Å². The molecule has 2 aromatic heterocycles. The quantitative estimate of drug-likeness (QED) is 0.279. The van der Waals surface area contributed by atoms with Crippen LogP contribution in [0.4, 0.5) is 0 Å². The van der Waals surface area contributed by atoms with Crippen LogP contribution in [-0.2, 0) is 6.42 Å². The van der Waals surface area contributed by atoms with Gasteiger partial charge >= 0.3 is 5.97 Å². The van der Waals surface area contributed by atoms with Crippen LogP contribution in [0, 0.1) is 6.92 Å². The van der Waals surface area contributed by atoms with Crippen molar-refractivity contribution >= 4 is 28.4 Å². The van der Waals surface area contributed by atoms with Crippen molar-refractivity contribution in [3.8, 4) is 5.75 Å². The lowest BCUT2D eigenvalue weighted by molar-refractivity contribution is 0.0698. The smallest absolute Gasteiger partial charge is 0.379 e. The molecule has 1 aliphatic rings. The molecule has 1 amide bonds. The Kier molecular flexibility index (Phi) is 5.44. The molecule has 7 heteroatoms. The molecule has 0 spiro atoms. The maximum atomic E-state index is 12.9. The molecule has 0 saturated carbocycles. The first-order valence-corrected chi connectivity index (χ1v) is 10.7. The number of carbonyl (C=O) groups excluding carboxylic acids is 2.